The Kier molecular flexibility index (Phi) is 5.78. The first-order valence-electron chi connectivity index (χ1n) is 9.06. The standard InChI is InChI=1S/C19H26N4OS/c1-4-23-17(16-12-8-5-9-13(16)2)21-22-19(23)25-14(3)18(24)20-15-10-6-7-11-15/h5,8-9,12,14-15H,4,6-7,10-11H2,1-3H3,(H,20,24). The van der Waals surface area contributed by atoms with Crippen LogP contribution in [-0.2, 0) is 11.3 Å². The molecule has 0 aliphatic heterocycles. The van der Waals surface area contributed by atoms with Gasteiger partial charge in [-0.1, -0.05) is 48.9 Å². The predicted molar refractivity (Wildman–Crippen MR) is 102 cm³/mol. The van der Waals surface area contributed by atoms with Crippen LogP contribution in [0, 0.1) is 6.92 Å². The van der Waals surface area contributed by atoms with Crippen molar-refractivity contribution in [1.82, 2.24) is 20.1 Å². The number of carbonyl (C=O) groups is 1. The fourth-order valence-electron chi connectivity index (χ4n) is 3.28. The average molecular weight is 359 g/mol. The normalized spacial score (nSPS) is 16.1. The lowest BCUT2D eigenvalue weighted by Gasteiger charge is -2.16. The van der Waals surface area contributed by atoms with Crippen LogP contribution < -0.4 is 5.32 Å². The van der Waals surface area contributed by atoms with Gasteiger partial charge in [0, 0.05) is 18.2 Å². The lowest BCUT2D eigenvalue weighted by molar-refractivity contribution is -0.120. The summed E-state index contributed by atoms with van der Waals surface area (Å²) in [5, 5.41) is 12.5. The molecule has 0 spiro atoms. The second kappa shape index (κ2) is 8.04. The lowest BCUT2D eigenvalue weighted by Crippen LogP contribution is -2.37. The molecule has 3 rings (SSSR count). The van der Waals surface area contributed by atoms with Gasteiger partial charge >= 0.3 is 0 Å². The van der Waals surface area contributed by atoms with Crippen LogP contribution in [-0.4, -0.2) is 32.0 Å². The van der Waals surface area contributed by atoms with Crippen molar-refractivity contribution in [3.05, 3.63) is 29.8 Å². The molecule has 134 valence electrons. The molecule has 5 nitrogen and oxygen atoms in total. The Bertz CT molecular complexity index is 737. The first kappa shape index (κ1) is 18.0. The summed E-state index contributed by atoms with van der Waals surface area (Å²) in [6.45, 7) is 6.87. The summed E-state index contributed by atoms with van der Waals surface area (Å²) < 4.78 is 2.09. The first-order valence-corrected chi connectivity index (χ1v) is 9.94. The van der Waals surface area contributed by atoms with Crippen molar-refractivity contribution >= 4 is 17.7 Å². The molecule has 1 saturated carbocycles. The van der Waals surface area contributed by atoms with E-state index in [4.69, 9.17) is 0 Å². The molecule has 1 aromatic carbocycles. The summed E-state index contributed by atoms with van der Waals surface area (Å²) in [4.78, 5) is 12.4. The highest BCUT2D eigenvalue weighted by atomic mass is 32.2. The Balaban J connectivity index is 1.74. The minimum atomic E-state index is -0.181. The van der Waals surface area contributed by atoms with E-state index in [1.165, 1.54) is 30.2 Å². The highest BCUT2D eigenvalue weighted by molar-refractivity contribution is 8.00. The van der Waals surface area contributed by atoms with Gasteiger partial charge in [0.05, 0.1) is 5.25 Å². The summed E-state index contributed by atoms with van der Waals surface area (Å²) in [5.74, 6) is 0.964. The number of benzene rings is 1. The third-order valence-corrected chi connectivity index (χ3v) is 5.85. The van der Waals surface area contributed by atoms with Crippen molar-refractivity contribution in [2.45, 2.75) is 69.4 Å². The minimum Gasteiger partial charge on any atom is -0.352 e. The quantitative estimate of drug-likeness (QED) is 0.798. The number of nitrogens with one attached hydrogen (secondary N) is 1. The molecule has 0 radical (unpaired) electrons. The lowest BCUT2D eigenvalue weighted by atomic mass is 10.1. The first-order chi connectivity index (χ1) is 12.1. The van der Waals surface area contributed by atoms with E-state index < -0.39 is 0 Å². The number of thioether (sulfide) groups is 1. The van der Waals surface area contributed by atoms with E-state index in [0.29, 0.717) is 6.04 Å². The van der Waals surface area contributed by atoms with Gasteiger partial charge < -0.3 is 9.88 Å². The Morgan fingerprint density at radius 1 is 1.32 bits per heavy atom. The smallest absolute Gasteiger partial charge is 0.233 e. The molecular formula is C19H26N4OS. The summed E-state index contributed by atoms with van der Waals surface area (Å²) >= 11 is 1.48. The van der Waals surface area contributed by atoms with Crippen molar-refractivity contribution < 1.29 is 4.79 Å². The van der Waals surface area contributed by atoms with Gasteiger partial charge in [-0.05, 0) is 39.2 Å². The Morgan fingerprint density at radius 3 is 2.72 bits per heavy atom. The summed E-state index contributed by atoms with van der Waals surface area (Å²) in [5.41, 5.74) is 2.26. The SMILES string of the molecule is CCn1c(SC(C)C(=O)NC2CCCC2)nnc1-c1ccccc1C. The van der Waals surface area contributed by atoms with Gasteiger partial charge in [0.1, 0.15) is 0 Å². The van der Waals surface area contributed by atoms with Crippen LogP contribution in [0.25, 0.3) is 11.4 Å². The van der Waals surface area contributed by atoms with Crippen molar-refractivity contribution in [2.75, 3.05) is 0 Å². The zero-order chi connectivity index (χ0) is 17.8. The number of aromatic nitrogens is 3. The van der Waals surface area contributed by atoms with E-state index in [9.17, 15) is 4.79 Å². The van der Waals surface area contributed by atoms with E-state index in [0.717, 1.165) is 35.9 Å². The van der Waals surface area contributed by atoms with E-state index in [-0.39, 0.29) is 11.2 Å². The van der Waals surface area contributed by atoms with E-state index >= 15 is 0 Å². The van der Waals surface area contributed by atoms with Crippen LogP contribution >= 0.6 is 11.8 Å². The van der Waals surface area contributed by atoms with Gasteiger partial charge in [-0.15, -0.1) is 10.2 Å². The number of hydrogen-bond donors (Lipinski definition) is 1. The van der Waals surface area contributed by atoms with Gasteiger partial charge in [0.2, 0.25) is 5.91 Å². The highest BCUT2D eigenvalue weighted by Gasteiger charge is 2.24. The van der Waals surface area contributed by atoms with Crippen LogP contribution in [0.1, 0.15) is 45.1 Å². The van der Waals surface area contributed by atoms with Gasteiger partial charge in [-0.25, -0.2) is 0 Å². The molecule has 1 atom stereocenters. The summed E-state index contributed by atoms with van der Waals surface area (Å²) in [7, 11) is 0. The van der Waals surface area contributed by atoms with Gasteiger partial charge in [0.15, 0.2) is 11.0 Å². The molecule has 1 aliphatic rings. The van der Waals surface area contributed by atoms with Crippen LogP contribution in [0.15, 0.2) is 29.4 Å². The molecule has 0 bridgehead atoms. The highest BCUT2D eigenvalue weighted by Crippen LogP contribution is 2.28. The summed E-state index contributed by atoms with van der Waals surface area (Å²) in [6, 6.07) is 8.53. The van der Waals surface area contributed by atoms with E-state index in [1.54, 1.807) is 0 Å². The number of nitrogens with zero attached hydrogens (tertiary/aromatic N) is 3. The maximum absolute atomic E-state index is 12.4. The van der Waals surface area contributed by atoms with Crippen molar-refractivity contribution in [3.63, 3.8) is 0 Å². The molecular weight excluding hydrogens is 332 g/mol. The monoisotopic (exact) mass is 358 g/mol. The fourth-order valence-corrected chi connectivity index (χ4v) is 4.21. The summed E-state index contributed by atoms with van der Waals surface area (Å²) in [6.07, 6.45) is 4.64. The second-order valence-corrected chi connectivity index (χ2v) is 7.92. The predicted octanol–water partition coefficient (Wildman–Crippen LogP) is 3.81. The largest absolute Gasteiger partial charge is 0.352 e. The molecule has 1 aliphatic carbocycles. The molecule has 1 heterocycles. The van der Waals surface area contributed by atoms with Gasteiger partial charge in [0.25, 0.3) is 0 Å². The number of rotatable bonds is 6. The molecule has 1 N–H and O–H groups in total. The molecule has 1 fully saturated rings. The molecule has 1 unspecified atom stereocenters. The third kappa shape index (κ3) is 4.06. The maximum Gasteiger partial charge on any atom is 0.233 e. The van der Waals surface area contributed by atoms with E-state index in [1.807, 2.05) is 19.1 Å². The minimum absolute atomic E-state index is 0.0972. The fraction of sp³-hybridized carbons (Fsp3) is 0.526. The molecule has 2 aromatic rings. The molecule has 6 heteroatoms. The molecule has 25 heavy (non-hydrogen) atoms. The molecule has 1 aromatic heterocycles. The third-order valence-electron chi connectivity index (χ3n) is 4.77. The van der Waals surface area contributed by atoms with Crippen LogP contribution in [0.5, 0.6) is 0 Å². The topological polar surface area (TPSA) is 59.8 Å². The average Bonchev–Trinajstić information content (AvgIpc) is 3.24. The van der Waals surface area contributed by atoms with Crippen LogP contribution in [0.4, 0.5) is 0 Å². The Labute approximate surface area is 153 Å². The maximum atomic E-state index is 12.4. The van der Waals surface area contributed by atoms with Crippen molar-refractivity contribution in [2.24, 2.45) is 0 Å². The van der Waals surface area contributed by atoms with Crippen molar-refractivity contribution in [3.8, 4) is 11.4 Å². The Morgan fingerprint density at radius 2 is 2.04 bits per heavy atom. The Hall–Kier alpha value is -1.82. The van der Waals surface area contributed by atoms with E-state index in [2.05, 4.69) is 46.1 Å². The number of aryl methyl sites for hydroxylation is 1. The second-order valence-electron chi connectivity index (χ2n) is 6.62. The van der Waals surface area contributed by atoms with Crippen LogP contribution in [0.3, 0.4) is 0 Å². The number of hydrogen-bond acceptors (Lipinski definition) is 4. The molecule has 1 amide bonds. The molecule has 0 saturated heterocycles. The zero-order valence-electron chi connectivity index (χ0n) is 15.2. The van der Waals surface area contributed by atoms with Crippen molar-refractivity contribution in [1.29, 1.82) is 0 Å². The van der Waals surface area contributed by atoms with Crippen LogP contribution in [0.2, 0.25) is 0 Å². The number of amides is 1. The zero-order valence-corrected chi connectivity index (χ0v) is 16.0. The number of carbonyl (C=O) groups excluding carboxylic acids is 1. The van der Waals surface area contributed by atoms with Gasteiger partial charge in [-0.3, -0.25) is 4.79 Å². The van der Waals surface area contributed by atoms with Gasteiger partial charge in [-0.2, -0.15) is 0 Å².